The molecule has 0 atom stereocenters. The molecule has 4 rings (SSSR count). The smallest absolute Gasteiger partial charge is 0.340 e. The molecule has 0 saturated carbocycles. The second-order valence-electron chi connectivity index (χ2n) is 9.00. The van der Waals surface area contributed by atoms with Crippen molar-refractivity contribution in [2.45, 2.75) is 59.0 Å². The largest absolute Gasteiger partial charge is 0.508 e. The van der Waals surface area contributed by atoms with Crippen molar-refractivity contribution in [1.82, 2.24) is 0 Å². The maximum Gasteiger partial charge on any atom is 0.340 e. The Morgan fingerprint density at radius 2 is 1.32 bits per heavy atom. The van der Waals surface area contributed by atoms with E-state index in [1.54, 1.807) is 12.1 Å². The van der Waals surface area contributed by atoms with E-state index < -0.39 is 17.5 Å². The van der Waals surface area contributed by atoms with Crippen molar-refractivity contribution >= 4 is 43.8 Å². The first-order valence-electron chi connectivity index (χ1n) is 12.3. The van der Waals surface area contributed by atoms with Crippen LogP contribution in [0.25, 0.3) is 0 Å². The van der Waals surface area contributed by atoms with Crippen LogP contribution in [-0.4, -0.2) is 27.3 Å². The van der Waals surface area contributed by atoms with Gasteiger partial charge in [-0.2, -0.15) is 0 Å². The molecule has 0 aliphatic carbocycles. The van der Waals surface area contributed by atoms with Gasteiger partial charge in [0.2, 0.25) is 0 Å². The molecule has 37 heavy (non-hydrogen) atoms. The number of aryl methyl sites for hydroxylation is 2. The van der Waals surface area contributed by atoms with Crippen molar-refractivity contribution < 1.29 is 29.6 Å². The first-order valence-corrected chi connectivity index (χ1v) is 13.8. The van der Waals surface area contributed by atoms with Crippen molar-refractivity contribution in [3.63, 3.8) is 0 Å². The van der Waals surface area contributed by atoms with E-state index in [1.165, 1.54) is 18.2 Å². The topological polar surface area (TPSA) is 104 Å². The lowest BCUT2D eigenvalue weighted by atomic mass is 9.73. The SMILES string of the molecule is CCc1cc(O)c(CC)c(C2(c3c(Br)c(CC)cc(O)c3CC)OC(=O)c3ccc(C(=O)O)cc32)c1Br. The second kappa shape index (κ2) is 10.1. The van der Waals surface area contributed by atoms with Crippen molar-refractivity contribution in [3.8, 4) is 11.5 Å². The first kappa shape index (κ1) is 27.2. The Kier molecular flexibility index (Phi) is 7.45. The van der Waals surface area contributed by atoms with E-state index in [1.807, 2.05) is 27.7 Å². The summed E-state index contributed by atoms with van der Waals surface area (Å²) >= 11 is 7.52. The minimum absolute atomic E-state index is 0.00324. The van der Waals surface area contributed by atoms with Crippen molar-refractivity contribution in [1.29, 1.82) is 0 Å². The minimum atomic E-state index is -1.64. The number of rotatable bonds is 7. The van der Waals surface area contributed by atoms with E-state index in [0.717, 1.165) is 11.1 Å². The zero-order chi connectivity index (χ0) is 27.2. The number of carboxylic acids is 1. The molecule has 1 heterocycles. The number of cyclic esters (lactones) is 1. The van der Waals surface area contributed by atoms with Crippen LogP contribution in [0.2, 0.25) is 0 Å². The van der Waals surface area contributed by atoms with Crippen LogP contribution in [0.5, 0.6) is 11.5 Å². The van der Waals surface area contributed by atoms with Crippen LogP contribution in [0.1, 0.15) is 87.4 Å². The number of carbonyl (C=O) groups excluding carboxylic acids is 1. The van der Waals surface area contributed by atoms with Gasteiger partial charge >= 0.3 is 11.9 Å². The number of esters is 1. The summed E-state index contributed by atoms with van der Waals surface area (Å²) in [6, 6.07) is 7.70. The number of fused-ring (bicyclic) bond motifs is 1. The van der Waals surface area contributed by atoms with E-state index in [9.17, 15) is 24.9 Å². The monoisotopic (exact) mass is 630 g/mol. The van der Waals surface area contributed by atoms with Gasteiger partial charge in [-0.3, -0.25) is 0 Å². The number of phenols is 2. The van der Waals surface area contributed by atoms with Gasteiger partial charge in [-0.05, 0) is 67.1 Å². The molecule has 0 aromatic heterocycles. The predicted octanol–water partition coefficient (Wildman–Crippen LogP) is 7.03. The van der Waals surface area contributed by atoms with Crippen LogP contribution in [-0.2, 0) is 36.0 Å². The number of carbonyl (C=O) groups is 2. The van der Waals surface area contributed by atoms with Gasteiger partial charge in [-0.15, -0.1) is 0 Å². The third-order valence-corrected chi connectivity index (χ3v) is 8.94. The number of phenolic OH excluding ortho intramolecular Hbond substituents is 2. The van der Waals surface area contributed by atoms with E-state index in [-0.39, 0.29) is 22.6 Å². The number of halogens is 2. The third-order valence-electron chi connectivity index (χ3n) is 7.13. The van der Waals surface area contributed by atoms with Crippen molar-refractivity contribution in [2.24, 2.45) is 0 Å². The maximum absolute atomic E-state index is 13.5. The summed E-state index contributed by atoms with van der Waals surface area (Å²) in [7, 11) is 0. The molecule has 3 aromatic rings. The zero-order valence-corrected chi connectivity index (χ0v) is 24.2. The Morgan fingerprint density at radius 1 is 0.838 bits per heavy atom. The highest BCUT2D eigenvalue weighted by Gasteiger charge is 2.54. The molecule has 0 radical (unpaired) electrons. The summed E-state index contributed by atoms with van der Waals surface area (Å²) in [6.45, 7) is 7.70. The molecule has 0 amide bonds. The Balaban J connectivity index is 2.34. The lowest BCUT2D eigenvalue weighted by Crippen LogP contribution is -2.34. The summed E-state index contributed by atoms with van der Waals surface area (Å²) in [4.78, 5) is 25.5. The van der Waals surface area contributed by atoms with E-state index in [0.29, 0.717) is 62.4 Å². The summed E-state index contributed by atoms with van der Waals surface area (Å²) in [5.41, 5.74) is 2.68. The molecule has 0 saturated heterocycles. The fraction of sp³-hybridized carbons (Fsp3) is 0.310. The highest BCUT2D eigenvalue weighted by atomic mass is 79.9. The number of carboxylic acid groups (broad SMARTS) is 1. The minimum Gasteiger partial charge on any atom is -0.508 e. The number of aromatic hydroxyl groups is 2. The quantitative estimate of drug-likeness (QED) is 0.242. The fourth-order valence-electron chi connectivity index (χ4n) is 5.33. The van der Waals surface area contributed by atoms with E-state index in [2.05, 4.69) is 31.9 Å². The Bertz CT molecular complexity index is 1380. The average molecular weight is 632 g/mol. The van der Waals surface area contributed by atoms with Crippen LogP contribution in [0, 0.1) is 0 Å². The molecular formula is C29H28Br2O6. The summed E-state index contributed by atoms with van der Waals surface area (Å²) in [6.07, 6.45) is 1.99. The van der Waals surface area contributed by atoms with Crippen LogP contribution < -0.4 is 0 Å². The molecule has 0 bridgehead atoms. The van der Waals surface area contributed by atoms with Gasteiger partial charge in [-0.25, -0.2) is 9.59 Å². The van der Waals surface area contributed by atoms with E-state index >= 15 is 0 Å². The number of hydrogen-bond acceptors (Lipinski definition) is 5. The van der Waals surface area contributed by atoms with Crippen LogP contribution in [0.15, 0.2) is 39.3 Å². The molecule has 0 spiro atoms. The molecule has 3 aromatic carbocycles. The molecule has 1 aliphatic rings. The summed E-state index contributed by atoms with van der Waals surface area (Å²) in [5.74, 6) is -1.64. The van der Waals surface area contributed by atoms with Gasteiger partial charge in [0.05, 0.1) is 11.1 Å². The standard InChI is InChI=1S/C29H28Br2O6/c1-5-14-12-21(32)17(7-3)23(25(14)30)29(24-18(8-4)22(33)13-15(6-2)26(24)31)20-11-16(27(34)35)9-10-19(20)28(36)37-29/h9-13,32-33H,5-8H2,1-4H3,(H,34,35). The molecular weight excluding hydrogens is 604 g/mol. The third kappa shape index (κ3) is 4.05. The van der Waals surface area contributed by atoms with Gasteiger partial charge in [0.1, 0.15) is 11.5 Å². The van der Waals surface area contributed by atoms with Gasteiger partial charge in [0, 0.05) is 36.8 Å². The number of aromatic carboxylic acids is 1. The lowest BCUT2D eigenvalue weighted by Gasteiger charge is -2.36. The average Bonchev–Trinajstić information content (AvgIpc) is 3.17. The molecule has 1 aliphatic heterocycles. The van der Waals surface area contributed by atoms with Crippen LogP contribution in [0.4, 0.5) is 0 Å². The normalized spacial score (nSPS) is 13.9. The van der Waals surface area contributed by atoms with Crippen molar-refractivity contribution in [2.75, 3.05) is 0 Å². The Hall–Kier alpha value is -2.84. The maximum atomic E-state index is 13.5. The molecule has 0 fully saturated rings. The van der Waals surface area contributed by atoms with Crippen molar-refractivity contribution in [3.05, 3.63) is 89.3 Å². The van der Waals surface area contributed by atoms with Gasteiger partial charge in [0.15, 0.2) is 5.60 Å². The summed E-state index contributed by atoms with van der Waals surface area (Å²) in [5, 5.41) is 32.1. The number of ether oxygens (including phenoxy) is 1. The van der Waals surface area contributed by atoms with Gasteiger partial charge in [-0.1, -0.05) is 59.6 Å². The predicted molar refractivity (Wildman–Crippen MR) is 148 cm³/mol. The molecule has 6 nitrogen and oxygen atoms in total. The van der Waals surface area contributed by atoms with Gasteiger partial charge in [0.25, 0.3) is 0 Å². The highest BCUT2D eigenvalue weighted by molar-refractivity contribution is 9.11. The molecule has 194 valence electrons. The Morgan fingerprint density at radius 3 is 1.73 bits per heavy atom. The van der Waals surface area contributed by atoms with Crippen LogP contribution >= 0.6 is 31.9 Å². The molecule has 3 N–H and O–H groups in total. The van der Waals surface area contributed by atoms with Crippen LogP contribution in [0.3, 0.4) is 0 Å². The fourth-order valence-corrected chi connectivity index (χ4v) is 7.16. The summed E-state index contributed by atoms with van der Waals surface area (Å²) < 4.78 is 7.68. The number of hydrogen-bond donors (Lipinski definition) is 3. The molecule has 0 unspecified atom stereocenters. The lowest BCUT2D eigenvalue weighted by molar-refractivity contribution is 0.0240. The molecule has 8 heteroatoms. The number of benzene rings is 3. The zero-order valence-electron chi connectivity index (χ0n) is 21.0. The second-order valence-corrected chi connectivity index (χ2v) is 10.6. The van der Waals surface area contributed by atoms with E-state index in [4.69, 9.17) is 4.74 Å². The highest BCUT2D eigenvalue weighted by Crippen LogP contribution is 2.56. The Labute approximate surface area is 232 Å². The first-order chi connectivity index (χ1) is 17.6. The van der Waals surface area contributed by atoms with Gasteiger partial charge < -0.3 is 20.1 Å².